The van der Waals surface area contributed by atoms with Crippen molar-refractivity contribution in [3.8, 4) is 11.5 Å². The van der Waals surface area contributed by atoms with E-state index < -0.39 is 12.4 Å². The van der Waals surface area contributed by atoms with Gasteiger partial charge in [0.1, 0.15) is 11.5 Å². The second kappa shape index (κ2) is 5.65. The Hall–Kier alpha value is -2.21. The van der Waals surface area contributed by atoms with E-state index in [1.54, 1.807) is 12.1 Å². The zero-order chi connectivity index (χ0) is 15.6. The number of nitrogens with two attached hydrogens (primary N) is 1. The number of alkyl halides is 3. The third-order valence-corrected chi connectivity index (χ3v) is 2.99. The molecule has 3 nitrogen and oxygen atoms in total. The zero-order valence-electron chi connectivity index (χ0n) is 11.2. The van der Waals surface area contributed by atoms with Crippen molar-refractivity contribution in [3.63, 3.8) is 0 Å². The van der Waals surface area contributed by atoms with Gasteiger partial charge in [-0.1, -0.05) is 29.8 Å². The number of phenols is 1. The first-order valence-electron chi connectivity index (χ1n) is 6.17. The van der Waals surface area contributed by atoms with Gasteiger partial charge in [-0.25, -0.2) is 0 Å². The van der Waals surface area contributed by atoms with Gasteiger partial charge in [-0.2, -0.15) is 0 Å². The standard InChI is InChI=1S/C15H14F3NO2/c1-9-2-7-13(20)12(8-9)14(19)10-3-5-11(6-4-10)21-15(16,17)18/h2-8,14,20H,19H2,1H3/t14-/m1/s1. The average Bonchev–Trinajstić information content (AvgIpc) is 2.40. The second-order valence-electron chi connectivity index (χ2n) is 4.66. The van der Waals surface area contributed by atoms with Crippen LogP contribution in [0.1, 0.15) is 22.7 Å². The summed E-state index contributed by atoms with van der Waals surface area (Å²) >= 11 is 0. The predicted octanol–water partition coefficient (Wildman–Crippen LogP) is 3.65. The van der Waals surface area contributed by atoms with Crippen LogP contribution in [-0.2, 0) is 0 Å². The van der Waals surface area contributed by atoms with Crippen LogP contribution in [0.2, 0.25) is 0 Å². The van der Waals surface area contributed by atoms with Gasteiger partial charge in [-0.3, -0.25) is 0 Å². The van der Waals surface area contributed by atoms with E-state index in [1.807, 2.05) is 6.92 Å². The van der Waals surface area contributed by atoms with Crippen molar-refractivity contribution in [2.45, 2.75) is 19.3 Å². The predicted molar refractivity (Wildman–Crippen MR) is 72.0 cm³/mol. The molecular formula is C15H14F3NO2. The Balaban J connectivity index is 2.24. The van der Waals surface area contributed by atoms with Gasteiger partial charge in [-0.05, 0) is 30.7 Å². The molecule has 0 bridgehead atoms. The quantitative estimate of drug-likeness (QED) is 0.909. The molecule has 0 heterocycles. The third kappa shape index (κ3) is 3.88. The van der Waals surface area contributed by atoms with Gasteiger partial charge < -0.3 is 15.6 Å². The van der Waals surface area contributed by atoms with Crippen molar-refractivity contribution in [1.29, 1.82) is 0 Å². The maximum absolute atomic E-state index is 12.1. The smallest absolute Gasteiger partial charge is 0.508 e. The van der Waals surface area contributed by atoms with E-state index in [0.29, 0.717) is 11.1 Å². The summed E-state index contributed by atoms with van der Waals surface area (Å²) in [6.45, 7) is 1.86. The lowest BCUT2D eigenvalue weighted by Crippen LogP contribution is -2.17. The van der Waals surface area contributed by atoms with E-state index in [4.69, 9.17) is 5.73 Å². The Bertz CT molecular complexity index is 624. The Morgan fingerprint density at radius 1 is 1.10 bits per heavy atom. The van der Waals surface area contributed by atoms with E-state index in [9.17, 15) is 18.3 Å². The topological polar surface area (TPSA) is 55.5 Å². The van der Waals surface area contributed by atoms with Gasteiger partial charge >= 0.3 is 6.36 Å². The van der Waals surface area contributed by atoms with E-state index in [0.717, 1.165) is 5.56 Å². The molecule has 2 aromatic carbocycles. The molecule has 0 spiro atoms. The highest BCUT2D eigenvalue weighted by Crippen LogP contribution is 2.30. The lowest BCUT2D eigenvalue weighted by molar-refractivity contribution is -0.274. The Kier molecular flexibility index (Phi) is 4.09. The van der Waals surface area contributed by atoms with Crippen LogP contribution in [0.3, 0.4) is 0 Å². The molecule has 21 heavy (non-hydrogen) atoms. The largest absolute Gasteiger partial charge is 0.573 e. The van der Waals surface area contributed by atoms with Crippen LogP contribution in [0, 0.1) is 6.92 Å². The summed E-state index contributed by atoms with van der Waals surface area (Å²) in [5.74, 6) is -0.268. The second-order valence-corrected chi connectivity index (χ2v) is 4.66. The number of aryl methyl sites for hydroxylation is 1. The highest BCUT2D eigenvalue weighted by atomic mass is 19.4. The van der Waals surface area contributed by atoms with Crippen molar-refractivity contribution in [2.24, 2.45) is 5.73 Å². The number of hydrogen-bond donors (Lipinski definition) is 2. The van der Waals surface area contributed by atoms with E-state index in [2.05, 4.69) is 4.74 Å². The number of benzene rings is 2. The fourth-order valence-corrected chi connectivity index (χ4v) is 1.98. The summed E-state index contributed by atoms with van der Waals surface area (Å²) in [6, 6.07) is 9.63. The van der Waals surface area contributed by atoms with Crippen LogP contribution < -0.4 is 10.5 Å². The number of phenolic OH excluding ortho intramolecular Hbond substituents is 1. The number of halogens is 3. The molecule has 0 radical (unpaired) electrons. The van der Waals surface area contributed by atoms with Crippen LogP contribution in [0.5, 0.6) is 11.5 Å². The van der Waals surface area contributed by atoms with Gasteiger partial charge in [0.15, 0.2) is 0 Å². The molecule has 2 rings (SSSR count). The van der Waals surface area contributed by atoms with Gasteiger partial charge in [0.25, 0.3) is 0 Å². The van der Waals surface area contributed by atoms with Gasteiger partial charge in [0, 0.05) is 5.56 Å². The van der Waals surface area contributed by atoms with Gasteiger partial charge in [0.2, 0.25) is 0 Å². The number of ether oxygens (including phenoxy) is 1. The Labute approximate surface area is 119 Å². The Morgan fingerprint density at radius 2 is 1.71 bits per heavy atom. The Morgan fingerprint density at radius 3 is 2.29 bits per heavy atom. The average molecular weight is 297 g/mol. The normalized spacial score (nSPS) is 13.0. The first-order chi connectivity index (χ1) is 9.76. The fraction of sp³-hybridized carbons (Fsp3) is 0.200. The minimum atomic E-state index is -4.72. The molecule has 3 N–H and O–H groups in total. The zero-order valence-corrected chi connectivity index (χ0v) is 11.2. The minimum absolute atomic E-state index is 0.0451. The van der Waals surface area contributed by atoms with Crippen LogP contribution in [0.25, 0.3) is 0 Å². The first kappa shape index (κ1) is 15.2. The van der Waals surface area contributed by atoms with Crippen molar-refractivity contribution in [3.05, 3.63) is 59.2 Å². The van der Waals surface area contributed by atoms with Crippen LogP contribution in [0.4, 0.5) is 13.2 Å². The van der Waals surface area contributed by atoms with E-state index >= 15 is 0 Å². The fourth-order valence-electron chi connectivity index (χ4n) is 1.98. The maximum Gasteiger partial charge on any atom is 0.573 e. The number of hydrogen-bond acceptors (Lipinski definition) is 3. The van der Waals surface area contributed by atoms with Gasteiger partial charge in [0.05, 0.1) is 6.04 Å². The molecule has 0 fully saturated rings. The summed E-state index contributed by atoms with van der Waals surface area (Å²) in [5, 5.41) is 9.82. The molecule has 0 aliphatic carbocycles. The SMILES string of the molecule is Cc1ccc(O)c([C@H](N)c2ccc(OC(F)(F)F)cc2)c1. The van der Waals surface area contributed by atoms with Crippen molar-refractivity contribution >= 4 is 0 Å². The third-order valence-electron chi connectivity index (χ3n) is 2.99. The molecule has 0 amide bonds. The monoisotopic (exact) mass is 297 g/mol. The molecular weight excluding hydrogens is 283 g/mol. The van der Waals surface area contributed by atoms with Crippen LogP contribution >= 0.6 is 0 Å². The minimum Gasteiger partial charge on any atom is -0.508 e. The lowest BCUT2D eigenvalue weighted by Gasteiger charge is -2.16. The van der Waals surface area contributed by atoms with Crippen molar-refractivity contribution < 1.29 is 23.0 Å². The maximum atomic E-state index is 12.1. The molecule has 0 aliphatic rings. The summed E-state index contributed by atoms with van der Waals surface area (Å²) < 4.78 is 40.0. The van der Waals surface area contributed by atoms with E-state index in [1.165, 1.54) is 30.3 Å². The molecule has 2 aromatic rings. The van der Waals surface area contributed by atoms with Crippen molar-refractivity contribution in [2.75, 3.05) is 0 Å². The number of rotatable bonds is 3. The molecule has 0 saturated carbocycles. The molecule has 0 aliphatic heterocycles. The lowest BCUT2D eigenvalue weighted by atomic mass is 9.97. The van der Waals surface area contributed by atoms with Crippen LogP contribution in [0.15, 0.2) is 42.5 Å². The summed E-state index contributed by atoms with van der Waals surface area (Å²) in [7, 11) is 0. The highest BCUT2D eigenvalue weighted by Gasteiger charge is 2.31. The van der Waals surface area contributed by atoms with E-state index in [-0.39, 0.29) is 11.5 Å². The van der Waals surface area contributed by atoms with Crippen LogP contribution in [-0.4, -0.2) is 11.5 Å². The molecule has 6 heteroatoms. The summed E-state index contributed by atoms with van der Waals surface area (Å²) in [6.07, 6.45) is -4.72. The summed E-state index contributed by atoms with van der Waals surface area (Å²) in [4.78, 5) is 0. The molecule has 112 valence electrons. The van der Waals surface area contributed by atoms with Crippen molar-refractivity contribution in [1.82, 2.24) is 0 Å². The molecule has 0 saturated heterocycles. The molecule has 1 atom stereocenters. The molecule has 0 aromatic heterocycles. The highest BCUT2D eigenvalue weighted by molar-refractivity contribution is 5.43. The first-order valence-corrected chi connectivity index (χ1v) is 6.17. The number of aromatic hydroxyl groups is 1. The van der Waals surface area contributed by atoms with Gasteiger partial charge in [-0.15, -0.1) is 13.2 Å². The summed E-state index contributed by atoms with van der Waals surface area (Å²) in [5.41, 5.74) is 8.05. The molecule has 0 unspecified atom stereocenters.